The number of aliphatic imine (C=N–C) groups is 1. The predicted octanol–water partition coefficient (Wildman–Crippen LogP) is 1.30. The molecule has 1 unspecified atom stereocenters. The predicted molar refractivity (Wildman–Crippen MR) is 106 cm³/mol. The van der Waals surface area contributed by atoms with Crippen molar-refractivity contribution in [3.8, 4) is 0 Å². The van der Waals surface area contributed by atoms with Crippen LogP contribution in [0.4, 0.5) is 5.82 Å². The van der Waals surface area contributed by atoms with Gasteiger partial charge in [0.05, 0.1) is 10.8 Å². The lowest BCUT2D eigenvalue weighted by Gasteiger charge is -2.22. The summed E-state index contributed by atoms with van der Waals surface area (Å²) in [6, 6.07) is 3.92. The summed E-state index contributed by atoms with van der Waals surface area (Å²) in [6.07, 6.45) is 5.90. The molecule has 26 heavy (non-hydrogen) atoms. The number of hydrogen-bond acceptors (Lipinski definition) is 5. The number of aromatic nitrogens is 1. The van der Waals surface area contributed by atoms with Crippen molar-refractivity contribution < 1.29 is 8.42 Å². The summed E-state index contributed by atoms with van der Waals surface area (Å²) in [4.78, 5) is 10.8. The van der Waals surface area contributed by atoms with Crippen molar-refractivity contribution in [2.24, 2.45) is 10.4 Å². The van der Waals surface area contributed by atoms with Crippen LogP contribution in [0, 0.1) is 5.41 Å². The lowest BCUT2D eigenvalue weighted by atomic mass is 10.1. The van der Waals surface area contributed by atoms with Crippen LogP contribution in [-0.4, -0.2) is 64.1 Å². The molecule has 2 fully saturated rings. The standard InChI is InChI=1S/C17H26ClN5O2S/c1-19-16(21-11-17(6-7-17)12-26(2,24)25)22-13-5-9-23(10-13)15-14(18)4-3-8-20-15/h3-4,8,13H,5-7,9-12H2,1-2H3,(H2,19,21,22). The Morgan fingerprint density at radius 1 is 1.50 bits per heavy atom. The van der Waals surface area contributed by atoms with Crippen molar-refractivity contribution in [3.63, 3.8) is 0 Å². The zero-order chi connectivity index (χ0) is 18.8. The number of rotatable bonds is 6. The van der Waals surface area contributed by atoms with E-state index in [0.717, 1.165) is 38.2 Å². The fraction of sp³-hybridized carbons (Fsp3) is 0.647. The normalized spacial score (nSPS) is 22.3. The van der Waals surface area contributed by atoms with Crippen LogP contribution in [0.25, 0.3) is 0 Å². The summed E-state index contributed by atoms with van der Waals surface area (Å²) in [5, 5.41) is 7.39. The van der Waals surface area contributed by atoms with Crippen LogP contribution in [0.5, 0.6) is 0 Å². The Morgan fingerprint density at radius 3 is 2.88 bits per heavy atom. The quantitative estimate of drug-likeness (QED) is 0.554. The molecule has 144 valence electrons. The third-order valence-corrected chi connectivity index (χ3v) is 6.38. The molecule has 1 aliphatic heterocycles. The number of nitrogens with one attached hydrogen (secondary N) is 2. The van der Waals surface area contributed by atoms with E-state index in [4.69, 9.17) is 11.6 Å². The summed E-state index contributed by atoms with van der Waals surface area (Å²) in [7, 11) is -1.23. The first-order valence-corrected chi connectivity index (χ1v) is 11.2. The molecule has 0 amide bonds. The first-order valence-electron chi connectivity index (χ1n) is 8.81. The molecule has 0 radical (unpaired) electrons. The first kappa shape index (κ1) is 19.2. The average Bonchev–Trinajstić information content (AvgIpc) is 3.16. The van der Waals surface area contributed by atoms with E-state index in [1.807, 2.05) is 12.1 Å². The lowest BCUT2D eigenvalue weighted by molar-refractivity contribution is 0.525. The Balaban J connectivity index is 1.51. The Labute approximate surface area is 160 Å². The second-order valence-corrected chi connectivity index (χ2v) is 9.93. The molecular weight excluding hydrogens is 374 g/mol. The summed E-state index contributed by atoms with van der Waals surface area (Å²) in [5.74, 6) is 1.76. The maximum atomic E-state index is 11.6. The van der Waals surface area contributed by atoms with Crippen molar-refractivity contribution in [2.45, 2.75) is 25.3 Å². The van der Waals surface area contributed by atoms with Crippen molar-refractivity contribution in [1.82, 2.24) is 15.6 Å². The number of anilines is 1. The number of sulfone groups is 1. The van der Waals surface area contributed by atoms with E-state index in [1.54, 1.807) is 13.2 Å². The van der Waals surface area contributed by atoms with Crippen LogP contribution in [-0.2, 0) is 9.84 Å². The smallest absolute Gasteiger partial charge is 0.191 e. The minimum Gasteiger partial charge on any atom is -0.356 e. The largest absolute Gasteiger partial charge is 0.356 e. The van der Waals surface area contributed by atoms with Crippen LogP contribution in [0.1, 0.15) is 19.3 Å². The number of nitrogens with zero attached hydrogens (tertiary/aromatic N) is 3. The molecule has 1 aromatic heterocycles. The molecule has 3 rings (SSSR count). The summed E-state index contributed by atoms with van der Waals surface area (Å²) < 4.78 is 23.2. The van der Waals surface area contributed by atoms with Gasteiger partial charge in [-0.3, -0.25) is 4.99 Å². The van der Waals surface area contributed by atoms with Crippen LogP contribution >= 0.6 is 11.6 Å². The molecule has 0 aromatic carbocycles. The fourth-order valence-electron chi connectivity index (χ4n) is 3.44. The van der Waals surface area contributed by atoms with E-state index in [1.165, 1.54) is 6.26 Å². The van der Waals surface area contributed by atoms with E-state index in [-0.39, 0.29) is 17.2 Å². The minimum atomic E-state index is -2.96. The topological polar surface area (TPSA) is 86.7 Å². The third-order valence-electron chi connectivity index (χ3n) is 4.95. The van der Waals surface area contributed by atoms with Gasteiger partial charge in [0, 0.05) is 50.6 Å². The van der Waals surface area contributed by atoms with E-state index >= 15 is 0 Å². The van der Waals surface area contributed by atoms with Gasteiger partial charge < -0.3 is 15.5 Å². The molecule has 9 heteroatoms. The van der Waals surface area contributed by atoms with Crippen molar-refractivity contribution in [2.75, 3.05) is 43.6 Å². The molecule has 0 bridgehead atoms. The number of pyridine rings is 1. The number of halogens is 1. The molecule has 0 spiro atoms. The van der Waals surface area contributed by atoms with Gasteiger partial charge in [-0.25, -0.2) is 13.4 Å². The van der Waals surface area contributed by atoms with E-state index < -0.39 is 9.84 Å². The Kier molecular flexibility index (Phi) is 5.62. The van der Waals surface area contributed by atoms with Gasteiger partial charge >= 0.3 is 0 Å². The highest BCUT2D eigenvalue weighted by Gasteiger charge is 2.45. The van der Waals surface area contributed by atoms with Gasteiger partial charge in [0.2, 0.25) is 0 Å². The Bertz CT molecular complexity index is 779. The Morgan fingerprint density at radius 2 is 2.27 bits per heavy atom. The van der Waals surface area contributed by atoms with Gasteiger partial charge in [-0.2, -0.15) is 0 Å². The van der Waals surface area contributed by atoms with Crippen LogP contribution in [0.3, 0.4) is 0 Å². The van der Waals surface area contributed by atoms with E-state index in [0.29, 0.717) is 17.5 Å². The SMILES string of the molecule is CN=C(NCC1(CS(C)(=O)=O)CC1)NC1CCN(c2ncccc2Cl)C1. The minimum absolute atomic E-state index is 0.131. The van der Waals surface area contributed by atoms with Gasteiger partial charge in [0.15, 0.2) is 5.96 Å². The average molecular weight is 400 g/mol. The van der Waals surface area contributed by atoms with Gasteiger partial charge in [-0.05, 0) is 31.4 Å². The molecule has 2 heterocycles. The molecular formula is C17H26ClN5O2S. The van der Waals surface area contributed by atoms with Gasteiger partial charge in [0.1, 0.15) is 15.7 Å². The molecule has 1 atom stereocenters. The maximum Gasteiger partial charge on any atom is 0.191 e. The number of guanidine groups is 1. The zero-order valence-corrected chi connectivity index (χ0v) is 16.8. The summed E-state index contributed by atoms with van der Waals surface area (Å²) in [5.41, 5.74) is -0.131. The summed E-state index contributed by atoms with van der Waals surface area (Å²) >= 11 is 6.23. The Hall–Kier alpha value is -1.54. The highest BCUT2D eigenvalue weighted by Crippen LogP contribution is 2.46. The van der Waals surface area contributed by atoms with E-state index in [2.05, 4.69) is 25.5 Å². The molecule has 1 aromatic rings. The van der Waals surface area contributed by atoms with Gasteiger partial charge in [-0.1, -0.05) is 11.6 Å². The number of hydrogen-bond donors (Lipinski definition) is 2. The molecule has 2 aliphatic rings. The van der Waals surface area contributed by atoms with Crippen LogP contribution in [0.2, 0.25) is 5.02 Å². The molecule has 1 saturated heterocycles. The molecule has 2 N–H and O–H groups in total. The van der Waals surface area contributed by atoms with Gasteiger partial charge in [-0.15, -0.1) is 0 Å². The van der Waals surface area contributed by atoms with Crippen molar-refractivity contribution in [3.05, 3.63) is 23.4 Å². The molecule has 1 aliphatic carbocycles. The molecule has 1 saturated carbocycles. The maximum absolute atomic E-state index is 11.6. The monoisotopic (exact) mass is 399 g/mol. The zero-order valence-electron chi connectivity index (χ0n) is 15.2. The van der Waals surface area contributed by atoms with Crippen LogP contribution < -0.4 is 15.5 Å². The van der Waals surface area contributed by atoms with Crippen molar-refractivity contribution in [1.29, 1.82) is 0 Å². The second kappa shape index (κ2) is 7.60. The first-order chi connectivity index (χ1) is 12.3. The lowest BCUT2D eigenvalue weighted by Crippen LogP contribution is -2.46. The van der Waals surface area contributed by atoms with E-state index in [9.17, 15) is 8.42 Å². The second-order valence-electron chi connectivity index (χ2n) is 7.38. The highest BCUT2D eigenvalue weighted by molar-refractivity contribution is 7.90. The fourth-order valence-corrected chi connectivity index (χ4v) is 5.19. The van der Waals surface area contributed by atoms with Gasteiger partial charge in [0.25, 0.3) is 0 Å². The van der Waals surface area contributed by atoms with Crippen LogP contribution in [0.15, 0.2) is 23.3 Å². The molecule has 7 nitrogen and oxygen atoms in total. The van der Waals surface area contributed by atoms with Crippen molar-refractivity contribution >= 4 is 33.2 Å². The highest BCUT2D eigenvalue weighted by atomic mass is 35.5. The third kappa shape index (κ3) is 5.01. The summed E-state index contributed by atoms with van der Waals surface area (Å²) in [6.45, 7) is 2.30.